The Hall–Kier alpha value is 0.270. The fraction of sp³-hybridized carbons (Fsp3) is 1.00. The minimum atomic E-state index is -0.0705. The van der Waals surface area contributed by atoms with E-state index < -0.39 is 0 Å². The Morgan fingerprint density at radius 1 is 1.07 bits per heavy atom. The summed E-state index contributed by atoms with van der Waals surface area (Å²) in [5.74, 6) is 1.09. The second-order valence-corrected chi connectivity index (χ2v) is 5.98. The molecule has 1 saturated heterocycles. The van der Waals surface area contributed by atoms with Crippen molar-refractivity contribution in [1.82, 2.24) is 0 Å². The summed E-state index contributed by atoms with van der Waals surface area (Å²) in [7, 11) is 0. The van der Waals surface area contributed by atoms with Crippen molar-refractivity contribution >= 4 is 11.8 Å². The first-order chi connectivity index (χ1) is 7.36. The van der Waals surface area contributed by atoms with Crippen molar-refractivity contribution in [2.24, 2.45) is 0 Å². The third kappa shape index (κ3) is 3.65. The van der Waals surface area contributed by atoms with Gasteiger partial charge in [0.15, 0.2) is 0 Å². The van der Waals surface area contributed by atoms with Crippen molar-refractivity contribution in [3.63, 3.8) is 0 Å². The molecular weight excluding hydrogens is 208 g/mol. The molecule has 0 aromatic carbocycles. The summed E-state index contributed by atoms with van der Waals surface area (Å²) < 4.78 is 5.61. The number of hydrogen-bond donors (Lipinski definition) is 1. The lowest BCUT2D eigenvalue weighted by molar-refractivity contribution is 0.128. The topological polar surface area (TPSA) is 29.5 Å². The van der Waals surface area contributed by atoms with Gasteiger partial charge in [0.05, 0.1) is 12.2 Å². The summed E-state index contributed by atoms with van der Waals surface area (Å²) in [6, 6.07) is 0. The average molecular weight is 230 g/mol. The molecule has 2 rings (SSSR count). The monoisotopic (exact) mass is 230 g/mol. The Labute approximate surface area is 96.8 Å². The maximum Gasteiger partial charge on any atom is 0.0666 e. The van der Waals surface area contributed by atoms with E-state index >= 15 is 0 Å². The minimum absolute atomic E-state index is 0.0705. The number of aliphatic hydroxyl groups is 1. The largest absolute Gasteiger partial charge is 0.392 e. The van der Waals surface area contributed by atoms with Gasteiger partial charge in [0.25, 0.3) is 0 Å². The molecule has 1 aliphatic heterocycles. The van der Waals surface area contributed by atoms with E-state index in [1.54, 1.807) is 0 Å². The van der Waals surface area contributed by atoms with Gasteiger partial charge in [-0.1, -0.05) is 19.3 Å². The van der Waals surface area contributed by atoms with Crippen molar-refractivity contribution in [1.29, 1.82) is 0 Å². The van der Waals surface area contributed by atoms with Crippen molar-refractivity contribution in [2.75, 3.05) is 12.4 Å². The zero-order chi connectivity index (χ0) is 10.5. The fourth-order valence-corrected chi connectivity index (χ4v) is 3.87. The van der Waals surface area contributed by atoms with E-state index in [1.807, 2.05) is 11.8 Å². The van der Waals surface area contributed by atoms with Crippen LogP contribution in [0.4, 0.5) is 0 Å². The molecule has 88 valence electrons. The molecule has 1 saturated carbocycles. The van der Waals surface area contributed by atoms with Gasteiger partial charge in [0.1, 0.15) is 0 Å². The molecule has 0 radical (unpaired) electrons. The Bertz CT molecular complexity index is 180. The highest BCUT2D eigenvalue weighted by Gasteiger charge is 2.24. The van der Waals surface area contributed by atoms with Crippen LogP contribution < -0.4 is 0 Å². The molecule has 2 nitrogen and oxygen atoms in total. The molecule has 0 aromatic heterocycles. The molecule has 0 bridgehead atoms. The molecule has 1 N–H and O–H groups in total. The average Bonchev–Trinajstić information content (AvgIpc) is 2.67. The van der Waals surface area contributed by atoms with Crippen LogP contribution in [-0.4, -0.2) is 34.9 Å². The van der Waals surface area contributed by atoms with E-state index in [1.165, 1.54) is 38.5 Å². The molecule has 3 heteroatoms. The molecule has 3 unspecified atom stereocenters. The van der Waals surface area contributed by atoms with Crippen LogP contribution in [0, 0.1) is 0 Å². The summed E-state index contributed by atoms with van der Waals surface area (Å²) in [6.45, 7) is 0.943. The third-order valence-corrected chi connectivity index (χ3v) is 4.98. The maximum atomic E-state index is 9.96. The Balaban J connectivity index is 1.71. The summed E-state index contributed by atoms with van der Waals surface area (Å²) in [5, 5.41) is 10.4. The number of rotatable bonds is 3. The van der Waals surface area contributed by atoms with E-state index in [4.69, 9.17) is 4.74 Å². The van der Waals surface area contributed by atoms with Crippen LogP contribution in [0.3, 0.4) is 0 Å². The quantitative estimate of drug-likeness (QED) is 0.756. The van der Waals surface area contributed by atoms with Gasteiger partial charge in [0, 0.05) is 17.6 Å². The first-order valence-electron chi connectivity index (χ1n) is 6.27. The van der Waals surface area contributed by atoms with Gasteiger partial charge in [-0.3, -0.25) is 0 Å². The lowest BCUT2D eigenvalue weighted by Crippen LogP contribution is -2.23. The van der Waals surface area contributed by atoms with Crippen LogP contribution in [0.5, 0.6) is 0 Å². The lowest BCUT2D eigenvalue weighted by atomic mass is 10.1. The molecule has 15 heavy (non-hydrogen) atoms. The molecule has 1 heterocycles. The lowest BCUT2D eigenvalue weighted by Gasteiger charge is -2.21. The first-order valence-corrected chi connectivity index (χ1v) is 7.32. The van der Waals surface area contributed by atoms with Crippen LogP contribution in [0.25, 0.3) is 0 Å². The van der Waals surface area contributed by atoms with Crippen LogP contribution in [0.1, 0.15) is 44.9 Å². The second kappa shape index (κ2) is 6.12. The number of hydrogen-bond acceptors (Lipinski definition) is 3. The van der Waals surface area contributed by atoms with Gasteiger partial charge in [-0.25, -0.2) is 0 Å². The first kappa shape index (κ1) is 11.7. The zero-order valence-corrected chi connectivity index (χ0v) is 10.2. The summed E-state index contributed by atoms with van der Waals surface area (Å²) in [6.07, 6.45) is 8.83. The van der Waals surface area contributed by atoms with Crippen molar-refractivity contribution in [3.8, 4) is 0 Å². The zero-order valence-electron chi connectivity index (χ0n) is 9.36. The Morgan fingerprint density at radius 2 is 1.93 bits per heavy atom. The molecule has 0 aromatic rings. The maximum absolute atomic E-state index is 9.96. The standard InChI is InChI=1S/C12H22O2S/c13-11-6-2-1-3-7-12(11)15-9-10-5-4-8-14-10/h10-13H,1-9H2. The highest BCUT2D eigenvalue weighted by atomic mass is 32.2. The van der Waals surface area contributed by atoms with Crippen LogP contribution >= 0.6 is 11.8 Å². The molecular formula is C12H22O2S. The van der Waals surface area contributed by atoms with Gasteiger partial charge < -0.3 is 9.84 Å². The Morgan fingerprint density at radius 3 is 2.73 bits per heavy atom. The molecule has 0 spiro atoms. The number of thioether (sulfide) groups is 1. The Kier molecular flexibility index (Phi) is 4.79. The van der Waals surface area contributed by atoms with Crippen LogP contribution in [-0.2, 0) is 4.74 Å². The van der Waals surface area contributed by atoms with Crippen molar-refractivity contribution in [3.05, 3.63) is 0 Å². The number of ether oxygens (including phenoxy) is 1. The summed E-state index contributed by atoms with van der Waals surface area (Å²) in [5.41, 5.74) is 0. The van der Waals surface area contributed by atoms with E-state index in [9.17, 15) is 5.11 Å². The molecule has 1 aliphatic carbocycles. The highest BCUT2D eigenvalue weighted by Crippen LogP contribution is 2.29. The van der Waals surface area contributed by atoms with E-state index in [-0.39, 0.29) is 6.10 Å². The SMILES string of the molecule is OC1CCCCCC1SCC1CCCO1. The molecule has 2 fully saturated rings. The van der Waals surface area contributed by atoms with Crippen LogP contribution in [0.2, 0.25) is 0 Å². The van der Waals surface area contributed by atoms with E-state index in [0.717, 1.165) is 18.8 Å². The van der Waals surface area contributed by atoms with Gasteiger partial charge in [-0.05, 0) is 25.7 Å². The summed E-state index contributed by atoms with van der Waals surface area (Å²) >= 11 is 1.94. The molecule has 0 amide bonds. The predicted octanol–water partition coefficient (Wildman–Crippen LogP) is 2.59. The summed E-state index contributed by atoms with van der Waals surface area (Å²) in [4.78, 5) is 0. The van der Waals surface area contributed by atoms with Gasteiger partial charge in [0.2, 0.25) is 0 Å². The smallest absolute Gasteiger partial charge is 0.0666 e. The van der Waals surface area contributed by atoms with Crippen molar-refractivity contribution < 1.29 is 9.84 Å². The van der Waals surface area contributed by atoms with Crippen molar-refractivity contribution in [2.45, 2.75) is 62.4 Å². The molecule has 2 aliphatic rings. The number of aliphatic hydroxyl groups excluding tert-OH is 1. The third-order valence-electron chi connectivity index (χ3n) is 3.44. The predicted molar refractivity (Wildman–Crippen MR) is 64.3 cm³/mol. The van der Waals surface area contributed by atoms with E-state index in [2.05, 4.69) is 0 Å². The highest BCUT2D eigenvalue weighted by molar-refractivity contribution is 8.00. The minimum Gasteiger partial charge on any atom is -0.392 e. The van der Waals surface area contributed by atoms with E-state index in [0.29, 0.717) is 11.4 Å². The normalized spacial score (nSPS) is 37.8. The molecule has 3 atom stereocenters. The van der Waals surface area contributed by atoms with Gasteiger partial charge >= 0.3 is 0 Å². The second-order valence-electron chi connectivity index (χ2n) is 4.71. The fourth-order valence-electron chi connectivity index (χ4n) is 2.46. The van der Waals surface area contributed by atoms with Gasteiger partial charge in [-0.2, -0.15) is 11.8 Å². The van der Waals surface area contributed by atoms with Gasteiger partial charge in [-0.15, -0.1) is 0 Å². The van der Waals surface area contributed by atoms with Crippen LogP contribution in [0.15, 0.2) is 0 Å².